The fourth-order valence-corrected chi connectivity index (χ4v) is 3.58. The number of amides is 1. The van der Waals surface area contributed by atoms with E-state index in [2.05, 4.69) is 30.9 Å². The summed E-state index contributed by atoms with van der Waals surface area (Å²) in [6.07, 6.45) is 9.97. The number of nitrogens with one attached hydrogen (secondary N) is 3. The smallest absolute Gasteiger partial charge is 0.220 e. The molecule has 0 aliphatic heterocycles. The van der Waals surface area contributed by atoms with Gasteiger partial charge in [0.1, 0.15) is 23.3 Å². The molecule has 1 fully saturated rings. The van der Waals surface area contributed by atoms with Gasteiger partial charge in [-0.1, -0.05) is 38.2 Å². The van der Waals surface area contributed by atoms with Crippen LogP contribution in [0.1, 0.15) is 50.8 Å². The van der Waals surface area contributed by atoms with Crippen molar-refractivity contribution in [2.75, 3.05) is 23.7 Å². The zero-order valence-electron chi connectivity index (χ0n) is 16.6. The average Bonchev–Trinajstić information content (AvgIpc) is 2.71. The Balaban J connectivity index is 1.38. The van der Waals surface area contributed by atoms with Gasteiger partial charge in [0.25, 0.3) is 0 Å². The molecule has 3 rings (SSSR count). The van der Waals surface area contributed by atoms with E-state index in [-0.39, 0.29) is 5.91 Å². The molecule has 0 atom stereocenters. The molecule has 7 nitrogen and oxygen atoms in total. The number of rotatable bonds is 9. The topological polar surface area (TPSA) is 91.8 Å². The van der Waals surface area contributed by atoms with Crippen molar-refractivity contribution in [2.45, 2.75) is 51.9 Å². The molecule has 2 aromatic rings. The molecule has 1 aliphatic rings. The Kier molecular flexibility index (Phi) is 7.58. The number of aryl methyl sites for hydroxylation is 1. The third kappa shape index (κ3) is 6.79. The molecule has 1 amide bonds. The predicted molar refractivity (Wildman–Crippen MR) is 112 cm³/mol. The second kappa shape index (κ2) is 10.6. The van der Waals surface area contributed by atoms with Crippen LogP contribution in [-0.4, -0.2) is 33.9 Å². The fourth-order valence-electron chi connectivity index (χ4n) is 3.58. The van der Waals surface area contributed by atoms with Gasteiger partial charge < -0.3 is 16.0 Å². The van der Waals surface area contributed by atoms with Crippen LogP contribution in [0.3, 0.4) is 0 Å². The van der Waals surface area contributed by atoms with Gasteiger partial charge in [0.05, 0.1) is 0 Å². The van der Waals surface area contributed by atoms with Crippen LogP contribution in [0, 0.1) is 12.8 Å². The number of pyridine rings is 1. The summed E-state index contributed by atoms with van der Waals surface area (Å²) < 4.78 is 0. The van der Waals surface area contributed by atoms with E-state index in [4.69, 9.17) is 0 Å². The second-order valence-corrected chi connectivity index (χ2v) is 7.35. The summed E-state index contributed by atoms with van der Waals surface area (Å²) in [5, 5.41) is 9.41. The van der Waals surface area contributed by atoms with E-state index < -0.39 is 0 Å². The highest BCUT2D eigenvalue weighted by Crippen LogP contribution is 2.27. The first-order valence-corrected chi connectivity index (χ1v) is 10.2. The zero-order valence-corrected chi connectivity index (χ0v) is 16.6. The number of anilines is 3. The van der Waals surface area contributed by atoms with Crippen molar-refractivity contribution in [1.82, 2.24) is 20.3 Å². The number of carbonyl (C=O) groups excluding carboxylic acids is 1. The van der Waals surface area contributed by atoms with Crippen molar-refractivity contribution < 1.29 is 4.79 Å². The average molecular weight is 383 g/mol. The molecule has 0 spiro atoms. The molecular formula is C21H30N6O. The number of carbonyl (C=O) groups is 1. The molecule has 0 unspecified atom stereocenters. The minimum absolute atomic E-state index is 0.142. The van der Waals surface area contributed by atoms with Crippen molar-refractivity contribution in [2.24, 2.45) is 5.92 Å². The normalized spacial score (nSPS) is 14.5. The van der Waals surface area contributed by atoms with Crippen molar-refractivity contribution in [3.8, 4) is 0 Å². The maximum Gasteiger partial charge on any atom is 0.220 e. The first-order valence-electron chi connectivity index (χ1n) is 10.2. The molecule has 1 saturated carbocycles. The molecule has 2 heterocycles. The third-order valence-electron chi connectivity index (χ3n) is 5.02. The van der Waals surface area contributed by atoms with Crippen molar-refractivity contribution in [3.63, 3.8) is 0 Å². The molecule has 3 N–H and O–H groups in total. The summed E-state index contributed by atoms with van der Waals surface area (Å²) in [4.78, 5) is 25.0. The largest absolute Gasteiger partial charge is 0.368 e. The Morgan fingerprint density at radius 2 is 1.89 bits per heavy atom. The Hall–Kier alpha value is -2.70. The third-order valence-corrected chi connectivity index (χ3v) is 5.02. The molecule has 0 saturated heterocycles. The zero-order chi connectivity index (χ0) is 19.6. The minimum atomic E-state index is 0.142. The maximum absolute atomic E-state index is 12.0. The Bertz CT molecular complexity index is 746. The summed E-state index contributed by atoms with van der Waals surface area (Å²) in [5.41, 5.74) is 0. The monoisotopic (exact) mass is 382 g/mol. The molecule has 2 aromatic heterocycles. The van der Waals surface area contributed by atoms with Crippen LogP contribution >= 0.6 is 0 Å². The van der Waals surface area contributed by atoms with E-state index in [0.717, 1.165) is 24.0 Å². The SMILES string of the molecule is Cc1nc(NCCNC(=O)CCC2CCCCC2)cc(Nc2ccccn2)n1. The predicted octanol–water partition coefficient (Wildman–Crippen LogP) is 3.81. The van der Waals surface area contributed by atoms with Gasteiger partial charge in [0.2, 0.25) is 5.91 Å². The van der Waals surface area contributed by atoms with Crippen molar-refractivity contribution >= 4 is 23.4 Å². The van der Waals surface area contributed by atoms with E-state index in [9.17, 15) is 4.79 Å². The Morgan fingerprint density at radius 1 is 1.07 bits per heavy atom. The molecule has 0 radical (unpaired) electrons. The molecular weight excluding hydrogens is 352 g/mol. The van der Waals surface area contributed by atoms with E-state index in [1.807, 2.05) is 31.2 Å². The van der Waals surface area contributed by atoms with E-state index in [1.54, 1.807) is 6.20 Å². The highest BCUT2D eigenvalue weighted by atomic mass is 16.1. The van der Waals surface area contributed by atoms with Crippen molar-refractivity contribution in [3.05, 3.63) is 36.3 Å². The summed E-state index contributed by atoms with van der Waals surface area (Å²) in [6.45, 7) is 3.05. The number of nitrogens with zero attached hydrogens (tertiary/aromatic N) is 3. The summed E-state index contributed by atoms with van der Waals surface area (Å²) in [7, 11) is 0. The summed E-state index contributed by atoms with van der Waals surface area (Å²) in [5.74, 6) is 3.69. The molecule has 28 heavy (non-hydrogen) atoms. The van der Waals surface area contributed by atoms with Crippen LogP contribution < -0.4 is 16.0 Å². The van der Waals surface area contributed by atoms with Gasteiger partial charge in [-0.05, 0) is 31.4 Å². The van der Waals surface area contributed by atoms with Gasteiger partial charge in [-0.3, -0.25) is 4.79 Å². The highest BCUT2D eigenvalue weighted by molar-refractivity contribution is 5.75. The number of aromatic nitrogens is 3. The Labute approximate surface area is 166 Å². The van der Waals surface area contributed by atoms with E-state index in [1.165, 1.54) is 32.1 Å². The van der Waals surface area contributed by atoms with Gasteiger partial charge in [-0.25, -0.2) is 15.0 Å². The van der Waals surface area contributed by atoms with Crippen LogP contribution in [0.2, 0.25) is 0 Å². The van der Waals surface area contributed by atoms with Gasteiger partial charge in [-0.15, -0.1) is 0 Å². The molecule has 1 aliphatic carbocycles. The maximum atomic E-state index is 12.0. The first kappa shape index (κ1) is 20.0. The fraction of sp³-hybridized carbons (Fsp3) is 0.524. The lowest BCUT2D eigenvalue weighted by molar-refractivity contribution is -0.121. The lowest BCUT2D eigenvalue weighted by Crippen LogP contribution is -2.29. The standard InChI is InChI=1S/C21H30N6O/c1-16-25-19(15-20(26-16)27-18-9-5-6-12-22-18)23-13-14-24-21(28)11-10-17-7-3-2-4-8-17/h5-6,9,12,15,17H,2-4,7-8,10-11,13-14H2,1H3,(H,24,28)(H2,22,23,25,26,27). The van der Waals surface area contributed by atoms with Gasteiger partial charge in [0, 0.05) is 31.8 Å². The molecule has 7 heteroatoms. The first-order chi connectivity index (χ1) is 13.7. The highest BCUT2D eigenvalue weighted by Gasteiger charge is 2.14. The van der Waals surface area contributed by atoms with E-state index >= 15 is 0 Å². The number of hydrogen-bond acceptors (Lipinski definition) is 6. The van der Waals surface area contributed by atoms with Gasteiger partial charge >= 0.3 is 0 Å². The van der Waals surface area contributed by atoms with E-state index in [0.29, 0.717) is 31.2 Å². The van der Waals surface area contributed by atoms with Crippen LogP contribution in [-0.2, 0) is 4.79 Å². The Morgan fingerprint density at radius 3 is 2.68 bits per heavy atom. The molecule has 0 bridgehead atoms. The quantitative estimate of drug-likeness (QED) is 0.571. The van der Waals surface area contributed by atoms with Gasteiger partial charge in [0.15, 0.2) is 0 Å². The van der Waals surface area contributed by atoms with Crippen molar-refractivity contribution in [1.29, 1.82) is 0 Å². The molecule has 150 valence electrons. The second-order valence-electron chi connectivity index (χ2n) is 7.35. The van der Waals surface area contributed by atoms with Crippen LogP contribution in [0.15, 0.2) is 30.5 Å². The lowest BCUT2D eigenvalue weighted by Gasteiger charge is -2.21. The minimum Gasteiger partial charge on any atom is -0.368 e. The number of hydrogen-bond donors (Lipinski definition) is 3. The molecule has 0 aromatic carbocycles. The summed E-state index contributed by atoms with van der Waals surface area (Å²) in [6, 6.07) is 7.51. The lowest BCUT2D eigenvalue weighted by atomic mass is 9.86. The van der Waals surface area contributed by atoms with Crippen LogP contribution in [0.4, 0.5) is 17.5 Å². The summed E-state index contributed by atoms with van der Waals surface area (Å²) >= 11 is 0. The van der Waals surface area contributed by atoms with Crippen LogP contribution in [0.5, 0.6) is 0 Å². The van der Waals surface area contributed by atoms with Gasteiger partial charge in [-0.2, -0.15) is 0 Å². The van der Waals surface area contributed by atoms with Crippen LogP contribution in [0.25, 0.3) is 0 Å².